The topological polar surface area (TPSA) is 63.4 Å². The number of hydrogen-bond donors (Lipinski definition) is 1. The van der Waals surface area contributed by atoms with Crippen LogP contribution < -0.4 is 5.46 Å². The highest BCUT2D eigenvalue weighted by Crippen LogP contribution is 2.31. The predicted octanol–water partition coefficient (Wildman–Crippen LogP) is 1.85. The second-order valence-corrected chi connectivity index (χ2v) is 5.07. The van der Waals surface area contributed by atoms with E-state index in [0.717, 1.165) is 12.1 Å². The van der Waals surface area contributed by atoms with Crippen molar-refractivity contribution in [3.63, 3.8) is 0 Å². The van der Waals surface area contributed by atoms with Crippen LogP contribution in [0, 0.1) is 15.9 Å². The standard InChI is InChI=1S/C11H15BFNO3/c1-11(2,3)7-5-9(13)8(12(4)15)6-10(7)14(16)17/h5-6,15H,1-4H3. The van der Waals surface area contributed by atoms with Crippen molar-refractivity contribution in [3.05, 3.63) is 33.6 Å². The molecule has 0 aliphatic carbocycles. The minimum atomic E-state index is -1.07. The van der Waals surface area contributed by atoms with Gasteiger partial charge >= 0.3 is 6.92 Å². The molecule has 0 aromatic heterocycles. The predicted molar refractivity (Wildman–Crippen MR) is 65.2 cm³/mol. The van der Waals surface area contributed by atoms with Crippen LogP contribution in [0.3, 0.4) is 0 Å². The summed E-state index contributed by atoms with van der Waals surface area (Å²) in [6.45, 7) is 5.63. The van der Waals surface area contributed by atoms with Gasteiger partial charge in [-0.25, -0.2) is 4.39 Å². The Morgan fingerprint density at radius 1 is 1.41 bits per heavy atom. The fourth-order valence-corrected chi connectivity index (χ4v) is 1.65. The molecule has 0 heterocycles. The Kier molecular flexibility index (Phi) is 3.57. The highest BCUT2D eigenvalue weighted by molar-refractivity contribution is 6.65. The van der Waals surface area contributed by atoms with Crippen molar-refractivity contribution in [3.8, 4) is 0 Å². The van der Waals surface area contributed by atoms with E-state index in [2.05, 4.69) is 0 Å². The van der Waals surface area contributed by atoms with Gasteiger partial charge in [-0.05, 0) is 16.9 Å². The second-order valence-electron chi connectivity index (χ2n) is 5.07. The summed E-state index contributed by atoms with van der Waals surface area (Å²) < 4.78 is 13.7. The monoisotopic (exact) mass is 239 g/mol. The Morgan fingerprint density at radius 3 is 2.29 bits per heavy atom. The maximum atomic E-state index is 13.7. The first kappa shape index (κ1) is 13.6. The third-order valence-corrected chi connectivity index (χ3v) is 2.57. The molecule has 1 rings (SSSR count). The molecule has 0 atom stereocenters. The second kappa shape index (κ2) is 4.45. The highest BCUT2D eigenvalue weighted by Gasteiger charge is 2.28. The van der Waals surface area contributed by atoms with Crippen LogP contribution in [0.4, 0.5) is 10.1 Å². The Labute approximate surface area is 99.7 Å². The molecule has 0 aliphatic heterocycles. The van der Waals surface area contributed by atoms with E-state index in [1.54, 1.807) is 20.8 Å². The number of benzene rings is 1. The summed E-state index contributed by atoms with van der Waals surface area (Å²) >= 11 is 0. The van der Waals surface area contributed by atoms with Gasteiger partial charge in [-0.3, -0.25) is 10.1 Å². The van der Waals surface area contributed by atoms with E-state index in [1.165, 1.54) is 6.82 Å². The van der Waals surface area contributed by atoms with Gasteiger partial charge in [-0.15, -0.1) is 0 Å². The third-order valence-electron chi connectivity index (χ3n) is 2.57. The molecule has 1 aromatic carbocycles. The summed E-state index contributed by atoms with van der Waals surface area (Å²) in [4.78, 5) is 10.4. The zero-order valence-electron chi connectivity index (χ0n) is 10.3. The lowest BCUT2D eigenvalue weighted by molar-refractivity contribution is -0.385. The lowest BCUT2D eigenvalue weighted by Gasteiger charge is -2.20. The molecule has 0 radical (unpaired) electrons. The van der Waals surface area contributed by atoms with Gasteiger partial charge in [-0.2, -0.15) is 0 Å². The Bertz CT molecular complexity index is 455. The van der Waals surface area contributed by atoms with Crippen molar-refractivity contribution >= 4 is 18.1 Å². The molecule has 0 amide bonds. The minimum absolute atomic E-state index is 0.0512. The molecule has 0 aliphatic rings. The normalized spacial score (nSPS) is 11.4. The zero-order chi connectivity index (χ0) is 13.4. The largest absolute Gasteiger partial charge is 0.446 e. The van der Waals surface area contributed by atoms with Gasteiger partial charge in [0.1, 0.15) is 5.82 Å². The average Bonchev–Trinajstić information content (AvgIpc) is 2.14. The molecule has 0 saturated carbocycles. The van der Waals surface area contributed by atoms with Crippen LogP contribution in [0.5, 0.6) is 0 Å². The van der Waals surface area contributed by atoms with Crippen LogP contribution >= 0.6 is 0 Å². The van der Waals surface area contributed by atoms with Gasteiger partial charge in [0.25, 0.3) is 5.69 Å². The molecular weight excluding hydrogens is 224 g/mol. The van der Waals surface area contributed by atoms with Crippen molar-refractivity contribution in [2.24, 2.45) is 0 Å². The third kappa shape index (κ3) is 2.82. The minimum Gasteiger partial charge on any atom is -0.446 e. The molecule has 4 nitrogen and oxygen atoms in total. The molecule has 0 fully saturated rings. The zero-order valence-corrected chi connectivity index (χ0v) is 10.3. The van der Waals surface area contributed by atoms with E-state index in [-0.39, 0.29) is 11.2 Å². The maximum absolute atomic E-state index is 13.7. The summed E-state index contributed by atoms with van der Waals surface area (Å²) in [6, 6.07) is 2.25. The fraction of sp³-hybridized carbons (Fsp3) is 0.455. The van der Waals surface area contributed by atoms with Gasteiger partial charge in [0.15, 0.2) is 0 Å². The smallest absolute Gasteiger partial charge is 0.323 e. The molecule has 1 aromatic rings. The van der Waals surface area contributed by atoms with Gasteiger partial charge < -0.3 is 5.02 Å². The molecule has 17 heavy (non-hydrogen) atoms. The molecule has 0 spiro atoms. The summed E-state index contributed by atoms with van der Waals surface area (Å²) in [7, 11) is 0. The molecule has 1 N–H and O–H groups in total. The average molecular weight is 239 g/mol. The van der Waals surface area contributed by atoms with Crippen LogP contribution in [-0.4, -0.2) is 16.9 Å². The summed E-state index contributed by atoms with van der Waals surface area (Å²) in [6.07, 6.45) is 0. The van der Waals surface area contributed by atoms with Gasteiger partial charge in [-0.1, -0.05) is 27.6 Å². The SMILES string of the molecule is CB(O)c1cc([N+](=O)[O-])c(C(C)(C)C)cc1F. The molecule has 6 heteroatoms. The Hall–Kier alpha value is -1.43. The summed E-state index contributed by atoms with van der Waals surface area (Å²) in [5, 5.41) is 20.3. The number of nitro groups is 1. The van der Waals surface area contributed by atoms with Crippen LogP contribution in [0.25, 0.3) is 0 Å². The summed E-state index contributed by atoms with van der Waals surface area (Å²) in [5.41, 5.74) is -0.413. The molecule has 0 saturated heterocycles. The lowest BCUT2D eigenvalue weighted by atomic mass is 9.63. The number of hydrogen-bond acceptors (Lipinski definition) is 3. The van der Waals surface area contributed by atoms with Crippen LogP contribution in [0.1, 0.15) is 26.3 Å². The lowest BCUT2D eigenvalue weighted by Crippen LogP contribution is -2.31. The van der Waals surface area contributed by atoms with Crippen LogP contribution in [0.2, 0.25) is 6.82 Å². The maximum Gasteiger partial charge on any atom is 0.323 e. The Balaban J connectivity index is 3.53. The first-order valence-corrected chi connectivity index (χ1v) is 5.31. The van der Waals surface area contributed by atoms with Gasteiger partial charge in [0.2, 0.25) is 0 Å². The Morgan fingerprint density at radius 2 is 1.94 bits per heavy atom. The van der Waals surface area contributed by atoms with E-state index in [1.807, 2.05) is 0 Å². The molecule has 0 unspecified atom stereocenters. The van der Waals surface area contributed by atoms with Gasteiger partial charge in [0, 0.05) is 11.6 Å². The first-order valence-electron chi connectivity index (χ1n) is 5.31. The van der Waals surface area contributed by atoms with Crippen molar-refractivity contribution in [1.29, 1.82) is 0 Å². The number of nitro benzene ring substituents is 1. The van der Waals surface area contributed by atoms with E-state index < -0.39 is 23.1 Å². The summed E-state index contributed by atoms with van der Waals surface area (Å²) in [5.74, 6) is -0.615. The number of nitrogens with zero attached hydrogens (tertiary/aromatic N) is 1. The molecular formula is C11H15BFNO3. The van der Waals surface area contributed by atoms with E-state index >= 15 is 0 Å². The first-order chi connectivity index (χ1) is 7.64. The highest BCUT2D eigenvalue weighted by atomic mass is 19.1. The number of halogens is 1. The van der Waals surface area contributed by atoms with Crippen molar-refractivity contribution in [1.82, 2.24) is 0 Å². The van der Waals surface area contributed by atoms with Crippen LogP contribution in [0.15, 0.2) is 12.1 Å². The van der Waals surface area contributed by atoms with Crippen molar-refractivity contribution < 1.29 is 14.3 Å². The van der Waals surface area contributed by atoms with E-state index in [4.69, 9.17) is 0 Å². The fourth-order valence-electron chi connectivity index (χ4n) is 1.65. The van der Waals surface area contributed by atoms with Crippen molar-refractivity contribution in [2.75, 3.05) is 0 Å². The number of rotatable bonds is 2. The van der Waals surface area contributed by atoms with E-state index in [0.29, 0.717) is 5.56 Å². The van der Waals surface area contributed by atoms with Crippen LogP contribution in [-0.2, 0) is 5.41 Å². The van der Waals surface area contributed by atoms with Crippen molar-refractivity contribution in [2.45, 2.75) is 33.0 Å². The molecule has 0 bridgehead atoms. The quantitative estimate of drug-likeness (QED) is 0.486. The van der Waals surface area contributed by atoms with E-state index in [9.17, 15) is 19.5 Å². The molecule has 92 valence electrons. The van der Waals surface area contributed by atoms with Gasteiger partial charge in [0.05, 0.1) is 4.92 Å².